The first kappa shape index (κ1) is 26.3. The summed E-state index contributed by atoms with van der Waals surface area (Å²) in [6.45, 7) is 9.47. The molecule has 0 saturated heterocycles. The maximum atomic E-state index is 12.6. The molecule has 11 heteroatoms. The number of nitrogens with zero attached hydrogens (tertiary/aromatic N) is 4. The van der Waals surface area contributed by atoms with Gasteiger partial charge in [-0.2, -0.15) is 5.10 Å². The van der Waals surface area contributed by atoms with Crippen molar-refractivity contribution in [2.75, 3.05) is 18.5 Å². The van der Waals surface area contributed by atoms with Gasteiger partial charge in [0.25, 0.3) is 11.8 Å². The molecule has 2 amide bonds. The van der Waals surface area contributed by atoms with Gasteiger partial charge in [-0.15, -0.1) is 0 Å². The quantitative estimate of drug-likeness (QED) is 0.276. The van der Waals surface area contributed by atoms with Crippen LogP contribution in [0.1, 0.15) is 16.2 Å². The Kier molecular flexibility index (Phi) is 8.60. The first-order chi connectivity index (χ1) is 16.5. The first-order valence-electron chi connectivity index (χ1n) is 11.5. The molecule has 3 aromatic rings. The van der Waals surface area contributed by atoms with E-state index in [0.717, 1.165) is 17.2 Å². The fourth-order valence-corrected chi connectivity index (χ4v) is 4.00. The van der Waals surface area contributed by atoms with Crippen molar-refractivity contribution < 1.29 is 19.4 Å². The standard InChI is InChI=1S/C24H34N6O4Si/c1-17-27-22(15-30(17)16-34-9-10-35(3,4)5)28-24(33)21(31)13-25-23(32)19-8-6-7-18(11-19)20-12-26-29(2)14-20/h6-8,11-12,14-15,21,31H,9-10,13,16H2,1-5H3,(H,25,32)(H,28,33)/t21-/m1/s1. The Bertz CT molecular complexity index is 1170. The van der Waals surface area contributed by atoms with Crippen LogP contribution < -0.4 is 10.6 Å². The molecule has 0 aliphatic rings. The molecule has 0 unspecified atom stereocenters. The number of aromatic nitrogens is 4. The van der Waals surface area contributed by atoms with E-state index in [2.05, 4.69) is 40.4 Å². The lowest BCUT2D eigenvalue weighted by molar-refractivity contribution is -0.123. The second-order valence-electron chi connectivity index (χ2n) is 9.69. The number of carbonyl (C=O) groups excluding carboxylic acids is 2. The number of ether oxygens (including phenoxy) is 1. The van der Waals surface area contributed by atoms with Crippen molar-refractivity contribution in [1.82, 2.24) is 24.6 Å². The van der Waals surface area contributed by atoms with Crippen molar-refractivity contribution in [3.05, 3.63) is 54.2 Å². The normalized spacial score (nSPS) is 12.4. The lowest BCUT2D eigenvalue weighted by Crippen LogP contribution is -2.39. The van der Waals surface area contributed by atoms with Crippen molar-refractivity contribution >= 4 is 25.7 Å². The Labute approximate surface area is 206 Å². The molecule has 35 heavy (non-hydrogen) atoms. The summed E-state index contributed by atoms with van der Waals surface area (Å²) in [5, 5.41) is 19.6. The molecule has 3 N–H and O–H groups in total. The average Bonchev–Trinajstić information content (AvgIpc) is 3.39. The van der Waals surface area contributed by atoms with Crippen molar-refractivity contribution in [1.29, 1.82) is 0 Å². The highest BCUT2D eigenvalue weighted by Crippen LogP contribution is 2.19. The van der Waals surface area contributed by atoms with Crippen LogP contribution >= 0.6 is 0 Å². The smallest absolute Gasteiger partial charge is 0.256 e. The first-order valence-corrected chi connectivity index (χ1v) is 15.2. The third kappa shape index (κ3) is 7.87. The minimum absolute atomic E-state index is 0.235. The molecule has 1 aromatic carbocycles. The number of aliphatic hydroxyl groups excluding tert-OH is 1. The highest BCUT2D eigenvalue weighted by molar-refractivity contribution is 6.76. The molecule has 0 saturated carbocycles. The van der Waals surface area contributed by atoms with Gasteiger partial charge in [0.15, 0.2) is 5.82 Å². The van der Waals surface area contributed by atoms with Crippen molar-refractivity contribution in [2.45, 2.75) is 45.4 Å². The minimum Gasteiger partial charge on any atom is -0.381 e. The number of amides is 2. The van der Waals surface area contributed by atoms with Gasteiger partial charge in [-0.25, -0.2) is 4.98 Å². The number of rotatable bonds is 11. The second-order valence-corrected chi connectivity index (χ2v) is 15.3. The SMILES string of the molecule is Cc1nc(NC(=O)[C@H](O)CNC(=O)c2cccc(-c3cnn(C)c3)c2)cn1COCC[Si](C)(C)C. The Morgan fingerprint density at radius 1 is 1.20 bits per heavy atom. The van der Waals surface area contributed by atoms with Crippen molar-refractivity contribution in [2.24, 2.45) is 7.05 Å². The van der Waals surface area contributed by atoms with Gasteiger partial charge >= 0.3 is 0 Å². The molecule has 0 aliphatic heterocycles. The van der Waals surface area contributed by atoms with Crippen LogP contribution in [0.2, 0.25) is 25.7 Å². The number of anilines is 1. The Hall–Kier alpha value is -3.28. The topological polar surface area (TPSA) is 123 Å². The number of carbonyl (C=O) groups is 2. The summed E-state index contributed by atoms with van der Waals surface area (Å²) in [7, 11) is 0.659. The van der Waals surface area contributed by atoms with E-state index >= 15 is 0 Å². The molecule has 2 aromatic heterocycles. The zero-order valence-corrected chi connectivity index (χ0v) is 21.9. The van der Waals surface area contributed by atoms with Crippen LogP contribution in [0.25, 0.3) is 11.1 Å². The van der Waals surface area contributed by atoms with Crippen LogP contribution in [-0.4, -0.2) is 63.6 Å². The summed E-state index contributed by atoms with van der Waals surface area (Å²) in [5.41, 5.74) is 2.15. The van der Waals surface area contributed by atoms with E-state index in [9.17, 15) is 14.7 Å². The Balaban J connectivity index is 1.49. The molecule has 1 atom stereocenters. The van der Waals surface area contributed by atoms with E-state index in [-0.39, 0.29) is 6.54 Å². The van der Waals surface area contributed by atoms with E-state index < -0.39 is 26.0 Å². The Morgan fingerprint density at radius 3 is 2.66 bits per heavy atom. The molecule has 0 spiro atoms. The molecule has 0 fully saturated rings. The van der Waals surface area contributed by atoms with Gasteiger partial charge in [0, 0.05) is 39.1 Å². The third-order valence-electron chi connectivity index (χ3n) is 5.38. The largest absolute Gasteiger partial charge is 0.381 e. The van der Waals surface area contributed by atoms with Crippen molar-refractivity contribution in [3.63, 3.8) is 0 Å². The highest BCUT2D eigenvalue weighted by Gasteiger charge is 2.19. The van der Waals surface area contributed by atoms with Gasteiger partial charge in [-0.1, -0.05) is 31.8 Å². The molecule has 3 rings (SSSR count). The lowest BCUT2D eigenvalue weighted by atomic mass is 10.1. The van der Waals surface area contributed by atoms with E-state index in [1.54, 1.807) is 39.8 Å². The maximum Gasteiger partial charge on any atom is 0.256 e. The molecular weight excluding hydrogens is 464 g/mol. The molecule has 0 radical (unpaired) electrons. The molecular formula is C24H34N6O4Si. The van der Waals surface area contributed by atoms with Crippen LogP contribution in [0, 0.1) is 6.92 Å². The number of nitrogens with one attached hydrogen (secondary N) is 2. The summed E-state index contributed by atoms with van der Waals surface area (Å²) < 4.78 is 9.21. The summed E-state index contributed by atoms with van der Waals surface area (Å²) in [6.07, 6.45) is 3.80. The summed E-state index contributed by atoms with van der Waals surface area (Å²) >= 11 is 0. The van der Waals surface area contributed by atoms with Crippen LogP contribution in [0.15, 0.2) is 42.9 Å². The minimum atomic E-state index is -1.43. The van der Waals surface area contributed by atoms with Gasteiger partial charge in [-0.05, 0) is 30.7 Å². The monoisotopic (exact) mass is 498 g/mol. The zero-order valence-electron chi connectivity index (χ0n) is 20.9. The van der Waals surface area contributed by atoms with Crippen LogP contribution in [-0.2, 0) is 23.3 Å². The van der Waals surface area contributed by atoms with E-state index in [0.29, 0.717) is 30.5 Å². The molecule has 0 bridgehead atoms. The number of aryl methyl sites for hydroxylation is 2. The van der Waals surface area contributed by atoms with E-state index in [4.69, 9.17) is 4.74 Å². The number of hydrogen-bond acceptors (Lipinski definition) is 6. The van der Waals surface area contributed by atoms with Gasteiger partial charge in [0.1, 0.15) is 18.7 Å². The van der Waals surface area contributed by atoms with Crippen LogP contribution in [0.3, 0.4) is 0 Å². The fraction of sp³-hybridized carbons (Fsp3) is 0.417. The number of aliphatic hydroxyl groups is 1. The highest BCUT2D eigenvalue weighted by atomic mass is 28.3. The maximum absolute atomic E-state index is 12.6. The number of benzene rings is 1. The van der Waals surface area contributed by atoms with Gasteiger partial charge in [0.05, 0.1) is 18.9 Å². The summed E-state index contributed by atoms with van der Waals surface area (Å²) in [4.78, 5) is 29.2. The average molecular weight is 499 g/mol. The lowest BCUT2D eigenvalue weighted by Gasteiger charge is -2.15. The third-order valence-corrected chi connectivity index (χ3v) is 7.08. The molecule has 188 valence electrons. The van der Waals surface area contributed by atoms with Crippen LogP contribution in [0.4, 0.5) is 5.82 Å². The molecule has 2 heterocycles. The second kappa shape index (κ2) is 11.4. The summed E-state index contributed by atoms with van der Waals surface area (Å²) in [5.74, 6) is -0.0441. The molecule has 0 aliphatic carbocycles. The fourth-order valence-electron chi connectivity index (χ4n) is 3.24. The predicted molar refractivity (Wildman–Crippen MR) is 137 cm³/mol. The number of hydrogen-bond donors (Lipinski definition) is 3. The van der Waals surface area contributed by atoms with Crippen molar-refractivity contribution in [3.8, 4) is 11.1 Å². The van der Waals surface area contributed by atoms with E-state index in [1.165, 1.54) is 0 Å². The molecule has 10 nitrogen and oxygen atoms in total. The Morgan fingerprint density at radius 2 is 1.97 bits per heavy atom. The van der Waals surface area contributed by atoms with E-state index in [1.807, 2.05) is 26.2 Å². The zero-order chi connectivity index (χ0) is 25.6. The van der Waals surface area contributed by atoms with Gasteiger partial charge < -0.3 is 25.0 Å². The van der Waals surface area contributed by atoms with Crippen LogP contribution in [0.5, 0.6) is 0 Å². The summed E-state index contributed by atoms with van der Waals surface area (Å²) in [6, 6.07) is 8.13. The predicted octanol–water partition coefficient (Wildman–Crippen LogP) is 2.63. The number of imidazole rings is 1. The van der Waals surface area contributed by atoms with Gasteiger partial charge in [0.2, 0.25) is 0 Å². The van der Waals surface area contributed by atoms with Gasteiger partial charge in [-0.3, -0.25) is 14.3 Å².